The van der Waals surface area contributed by atoms with Crippen LogP contribution in [0.4, 0.5) is 10.7 Å². The van der Waals surface area contributed by atoms with E-state index in [1.165, 1.54) is 19.2 Å². The Morgan fingerprint density at radius 2 is 1.74 bits per heavy atom. The monoisotopic (exact) mass is 481 g/mol. The number of amides is 2. The van der Waals surface area contributed by atoms with E-state index >= 15 is 0 Å². The molecule has 3 aromatic rings. The lowest BCUT2D eigenvalue weighted by Gasteiger charge is -2.14. The van der Waals surface area contributed by atoms with E-state index in [0.717, 1.165) is 23.0 Å². The summed E-state index contributed by atoms with van der Waals surface area (Å²) < 4.78 is 4.85. The third-order valence-corrected chi connectivity index (χ3v) is 6.49. The summed E-state index contributed by atoms with van der Waals surface area (Å²) in [6.07, 6.45) is 0. The predicted molar refractivity (Wildman–Crippen MR) is 129 cm³/mol. The lowest BCUT2D eigenvalue weighted by atomic mass is 10.1. The number of esters is 1. The van der Waals surface area contributed by atoms with Gasteiger partial charge in [0.05, 0.1) is 28.5 Å². The fourth-order valence-corrected chi connectivity index (χ4v) is 4.47. The molecule has 0 radical (unpaired) electrons. The molecule has 0 spiro atoms. The van der Waals surface area contributed by atoms with Crippen LogP contribution in [-0.4, -0.2) is 29.8 Å². The van der Waals surface area contributed by atoms with E-state index in [4.69, 9.17) is 4.74 Å². The van der Waals surface area contributed by atoms with Crippen LogP contribution in [0.3, 0.4) is 0 Å². The first-order chi connectivity index (χ1) is 16.1. The maximum Gasteiger partial charge on any atom is 0.341 e. The van der Waals surface area contributed by atoms with Crippen molar-refractivity contribution in [1.82, 2.24) is 5.32 Å². The first-order valence-corrected chi connectivity index (χ1v) is 11.1. The molecule has 0 aliphatic rings. The van der Waals surface area contributed by atoms with Crippen LogP contribution in [-0.2, 0) is 4.74 Å². The van der Waals surface area contributed by atoms with Crippen molar-refractivity contribution in [1.29, 1.82) is 0 Å². The maximum absolute atomic E-state index is 13.0. The summed E-state index contributed by atoms with van der Waals surface area (Å²) in [6.45, 7) is 5.00. The van der Waals surface area contributed by atoms with Gasteiger partial charge in [0.25, 0.3) is 17.5 Å². The molecule has 2 N–H and O–H groups in total. The molecule has 1 aromatic heterocycles. The highest BCUT2D eigenvalue weighted by atomic mass is 32.1. The van der Waals surface area contributed by atoms with Gasteiger partial charge in [-0.25, -0.2) is 4.79 Å². The van der Waals surface area contributed by atoms with Crippen molar-refractivity contribution in [3.8, 4) is 0 Å². The zero-order chi connectivity index (χ0) is 25.0. The summed E-state index contributed by atoms with van der Waals surface area (Å²) >= 11 is 0.933. The predicted octanol–water partition coefficient (Wildman–Crippen LogP) is 4.80. The highest BCUT2D eigenvalue weighted by Gasteiger charge is 2.27. The van der Waals surface area contributed by atoms with Crippen LogP contribution in [0.1, 0.15) is 60.0 Å². The lowest BCUT2D eigenvalue weighted by Crippen LogP contribution is -2.26. The second kappa shape index (κ2) is 10.3. The van der Waals surface area contributed by atoms with Crippen LogP contribution < -0.4 is 10.6 Å². The quantitative estimate of drug-likeness (QED) is 0.283. The topological polar surface area (TPSA) is 128 Å². The van der Waals surface area contributed by atoms with Crippen molar-refractivity contribution in [2.24, 2.45) is 0 Å². The Labute approximate surface area is 199 Å². The van der Waals surface area contributed by atoms with Crippen molar-refractivity contribution >= 4 is 39.8 Å². The fourth-order valence-electron chi connectivity index (χ4n) is 3.38. The molecule has 2 amide bonds. The number of methoxy groups -OCH3 is 1. The largest absolute Gasteiger partial charge is 0.465 e. The number of carbonyl (C=O) groups is 3. The Balaban J connectivity index is 1.92. The van der Waals surface area contributed by atoms with Crippen LogP contribution in [0, 0.1) is 24.0 Å². The van der Waals surface area contributed by atoms with Gasteiger partial charge in [-0.2, -0.15) is 0 Å². The molecule has 1 unspecified atom stereocenters. The molecule has 0 saturated carbocycles. The summed E-state index contributed by atoms with van der Waals surface area (Å²) in [7, 11) is 1.20. The van der Waals surface area contributed by atoms with Crippen LogP contribution in [0.2, 0.25) is 0 Å². The number of hydrogen-bond donors (Lipinski definition) is 2. The maximum atomic E-state index is 13.0. The molecule has 0 bridgehead atoms. The Morgan fingerprint density at radius 3 is 2.35 bits per heavy atom. The van der Waals surface area contributed by atoms with E-state index < -0.39 is 22.7 Å². The highest BCUT2D eigenvalue weighted by Crippen LogP contribution is 2.34. The molecule has 176 valence electrons. The highest BCUT2D eigenvalue weighted by molar-refractivity contribution is 7.18. The summed E-state index contributed by atoms with van der Waals surface area (Å²) in [5.41, 5.74) is 1.59. The van der Waals surface area contributed by atoms with Gasteiger partial charge in [-0.15, -0.1) is 11.3 Å². The van der Waals surface area contributed by atoms with Gasteiger partial charge >= 0.3 is 5.97 Å². The van der Waals surface area contributed by atoms with Gasteiger partial charge in [0.15, 0.2) is 0 Å². The number of aryl methyl sites for hydroxylation is 1. The van der Waals surface area contributed by atoms with Crippen molar-refractivity contribution in [3.63, 3.8) is 0 Å². The second-order valence-corrected chi connectivity index (χ2v) is 8.59. The van der Waals surface area contributed by atoms with E-state index in [-0.39, 0.29) is 32.7 Å². The normalized spacial score (nSPS) is 11.4. The summed E-state index contributed by atoms with van der Waals surface area (Å²) in [6, 6.07) is 13.2. The van der Waals surface area contributed by atoms with Crippen molar-refractivity contribution in [3.05, 3.63) is 91.3 Å². The number of nitro benzene ring substituents is 1. The van der Waals surface area contributed by atoms with E-state index in [2.05, 4.69) is 10.6 Å². The Morgan fingerprint density at radius 1 is 1.06 bits per heavy atom. The van der Waals surface area contributed by atoms with E-state index in [0.29, 0.717) is 11.1 Å². The number of nitrogens with one attached hydrogen (secondary N) is 2. The Kier molecular flexibility index (Phi) is 7.42. The number of thiophene rings is 1. The first-order valence-electron chi connectivity index (χ1n) is 10.3. The van der Waals surface area contributed by atoms with Crippen LogP contribution in [0.15, 0.2) is 48.5 Å². The molecule has 1 heterocycles. The van der Waals surface area contributed by atoms with Crippen LogP contribution in [0.25, 0.3) is 0 Å². The van der Waals surface area contributed by atoms with Gasteiger partial charge < -0.3 is 15.4 Å². The SMILES string of the molecule is COC(=O)c1c(NC(=O)c2ccc(C)c([N+](=O)[O-])c2)sc(C(=O)NC(C)c2ccccc2)c1C. The average molecular weight is 482 g/mol. The number of nitrogens with zero attached hydrogens (tertiary/aromatic N) is 1. The van der Waals surface area contributed by atoms with E-state index in [1.54, 1.807) is 13.8 Å². The molecule has 10 heteroatoms. The standard InChI is InChI=1S/C24H23N3O6S/c1-13-10-11-17(12-18(13)27(31)32)21(28)26-23-19(24(30)33-4)14(2)20(34-23)22(29)25-15(3)16-8-6-5-7-9-16/h5-12,15H,1-4H3,(H,25,29)(H,26,28). The third-order valence-electron chi connectivity index (χ3n) is 5.28. The van der Waals surface area contributed by atoms with Gasteiger partial charge in [0.2, 0.25) is 0 Å². The number of hydrogen-bond acceptors (Lipinski definition) is 7. The van der Waals surface area contributed by atoms with Gasteiger partial charge in [-0.05, 0) is 38.0 Å². The summed E-state index contributed by atoms with van der Waals surface area (Å²) in [5, 5.41) is 16.8. The number of nitro groups is 1. The van der Waals surface area contributed by atoms with Crippen molar-refractivity contribution in [2.75, 3.05) is 12.4 Å². The number of benzene rings is 2. The summed E-state index contributed by atoms with van der Waals surface area (Å²) in [4.78, 5) is 49.2. The minimum absolute atomic E-state index is 0.0443. The smallest absolute Gasteiger partial charge is 0.341 e. The molecule has 2 aromatic carbocycles. The molecule has 1 atom stereocenters. The minimum Gasteiger partial charge on any atom is -0.465 e. The average Bonchev–Trinajstić information content (AvgIpc) is 3.14. The van der Waals surface area contributed by atoms with E-state index in [9.17, 15) is 24.5 Å². The number of carbonyl (C=O) groups excluding carboxylic acids is 3. The third kappa shape index (κ3) is 5.12. The molecule has 0 aliphatic carbocycles. The molecular formula is C24H23N3O6S. The number of ether oxygens (including phenoxy) is 1. The second-order valence-electron chi connectivity index (χ2n) is 7.57. The van der Waals surface area contributed by atoms with Gasteiger partial charge in [-0.3, -0.25) is 19.7 Å². The minimum atomic E-state index is -0.714. The zero-order valence-electron chi connectivity index (χ0n) is 19.0. The molecule has 3 rings (SSSR count). The molecule has 0 fully saturated rings. The molecule has 0 aliphatic heterocycles. The number of anilines is 1. The fraction of sp³-hybridized carbons (Fsp3) is 0.208. The van der Waals surface area contributed by atoms with Gasteiger partial charge in [0, 0.05) is 17.2 Å². The first kappa shape index (κ1) is 24.6. The van der Waals surface area contributed by atoms with E-state index in [1.807, 2.05) is 37.3 Å². The molecular weight excluding hydrogens is 458 g/mol. The van der Waals surface area contributed by atoms with Gasteiger partial charge in [-0.1, -0.05) is 36.4 Å². The Hall–Kier alpha value is -4.05. The van der Waals surface area contributed by atoms with Crippen molar-refractivity contribution < 1.29 is 24.0 Å². The molecule has 9 nitrogen and oxygen atoms in total. The molecule has 0 saturated heterocycles. The number of rotatable bonds is 7. The van der Waals surface area contributed by atoms with Crippen LogP contribution in [0.5, 0.6) is 0 Å². The van der Waals surface area contributed by atoms with Crippen molar-refractivity contribution in [2.45, 2.75) is 26.8 Å². The van der Waals surface area contributed by atoms with Crippen LogP contribution >= 0.6 is 11.3 Å². The lowest BCUT2D eigenvalue weighted by molar-refractivity contribution is -0.385. The Bertz CT molecular complexity index is 1270. The zero-order valence-corrected chi connectivity index (χ0v) is 19.8. The molecule has 34 heavy (non-hydrogen) atoms. The van der Waals surface area contributed by atoms with Gasteiger partial charge in [0.1, 0.15) is 5.00 Å². The summed E-state index contributed by atoms with van der Waals surface area (Å²) in [5.74, 6) is -1.77.